The van der Waals surface area contributed by atoms with E-state index in [2.05, 4.69) is 0 Å². The summed E-state index contributed by atoms with van der Waals surface area (Å²) < 4.78 is 0. The second kappa shape index (κ2) is 10.3. The van der Waals surface area contributed by atoms with E-state index in [1.807, 2.05) is 81.6 Å². The van der Waals surface area contributed by atoms with E-state index in [9.17, 15) is 4.79 Å². The number of hydrogen-bond donors (Lipinski definition) is 0. The SMILES string of the molecule is CC.CS/C(=C(/C=O)C(C)c1ccc(Cl)cc1)c1ccccc1. The smallest absolute Gasteiger partial charge is 0.147 e. The van der Waals surface area contributed by atoms with Gasteiger partial charge in [-0.15, -0.1) is 11.8 Å². The first-order valence-electron chi connectivity index (χ1n) is 7.71. The third-order valence-electron chi connectivity index (χ3n) is 3.47. The molecule has 0 heterocycles. The Hall–Kier alpha value is -1.51. The Balaban J connectivity index is 0.00000127. The fourth-order valence-corrected chi connectivity index (χ4v) is 3.23. The van der Waals surface area contributed by atoms with Crippen molar-refractivity contribution in [1.29, 1.82) is 0 Å². The number of hydrogen-bond acceptors (Lipinski definition) is 2. The largest absolute Gasteiger partial charge is 0.298 e. The predicted molar refractivity (Wildman–Crippen MR) is 104 cm³/mol. The van der Waals surface area contributed by atoms with Crippen LogP contribution < -0.4 is 0 Å². The molecule has 0 radical (unpaired) electrons. The van der Waals surface area contributed by atoms with Gasteiger partial charge in [-0.1, -0.05) is 74.8 Å². The van der Waals surface area contributed by atoms with E-state index in [0.717, 1.165) is 27.9 Å². The molecule has 0 fully saturated rings. The minimum Gasteiger partial charge on any atom is -0.298 e. The van der Waals surface area contributed by atoms with Crippen molar-refractivity contribution >= 4 is 34.6 Å². The Morgan fingerprint density at radius 3 is 2.09 bits per heavy atom. The summed E-state index contributed by atoms with van der Waals surface area (Å²) in [5, 5.41) is 0.704. The zero-order chi connectivity index (χ0) is 17.2. The molecule has 0 aliphatic heterocycles. The van der Waals surface area contributed by atoms with Crippen LogP contribution in [0.15, 0.2) is 60.2 Å². The lowest BCUT2D eigenvalue weighted by atomic mass is 9.92. The highest BCUT2D eigenvalue weighted by molar-refractivity contribution is 8.07. The standard InChI is InChI=1S/C18H17ClOS.C2H6/c1-13(14-8-10-16(19)11-9-14)17(12-20)18(21-2)15-6-4-3-5-7-15;1-2/h3-13H,1-2H3;1-2H3/b18-17-;. The maximum absolute atomic E-state index is 11.7. The van der Waals surface area contributed by atoms with E-state index >= 15 is 0 Å². The Kier molecular flexibility index (Phi) is 8.75. The number of aldehydes is 1. The molecule has 0 saturated carbocycles. The van der Waals surface area contributed by atoms with Gasteiger partial charge in [-0.3, -0.25) is 4.79 Å². The van der Waals surface area contributed by atoms with Gasteiger partial charge < -0.3 is 0 Å². The van der Waals surface area contributed by atoms with Gasteiger partial charge in [0.1, 0.15) is 6.29 Å². The van der Waals surface area contributed by atoms with Crippen molar-refractivity contribution in [3.8, 4) is 0 Å². The normalized spacial score (nSPS) is 12.6. The lowest BCUT2D eigenvalue weighted by Crippen LogP contribution is -2.02. The van der Waals surface area contributed by atoms with Crippen LogP contribution in [0.2, 0.25) is 5.02 Å². The molecule has 0 spiro atoms. The summed E-state index contributed by atoms with van der Waals surface area (Å²) in [5.74, 6) is 0.0300. The molecule has 1 unspecified atom stereocenters. The highest BCUT2D eigenvalue weighted by Gasteiger charge is 2.16. The van der Waals surface area contributed by atoms with Gasteiger partial charge in [0.2, 0.25) is 0 Å². The number of allylic oxidation sites excluding steroid dienone is 1. The number of carbonyl (C=O) groups is 1. The number of rotatable bonds is 5. The lowest BCUT2D eigenvalue weighted by molar-refractivity contribution is -0.105. The molecule has 2 aromatic rings. The Morgan fingerprint density at radius 1 is 1.04 bits per heavy atom. The molecule has 0 aromatic heterocycles. The van der Waals surface area contributed by atoms with E-state index in [1.165, 1.54) is 0 Å². The molecule has 1 nitrogen and oxygen atoms in total. The monoisotopic (exact) mass is 346 g/mol. The zero-order valence-corrected chi connectivity index (χ0v) is 15.6. The van der Waals surface area contributed by atoms with E-state index < -0.39 is 0 Å². The van der Waals surface area contributed by atoms with Crippen molar-refractivity contribution < 1.29 is 4.79 Å². The average molecular weight is 347 g/mol. The van der Waals surface area contributed by atoms with Crippen molar-refractivity contribution in [2.24, 2.45) is 0 Å². The molecule has 122 valence electrons. The van der Waals surface area contributed by atoms with Crippen molar-refractivity contribution in [3.63, 3.8) is 0 Å². The van der Waals surface area contributed by atoms with Crippen LogP contribution in [0.5, 0.6) is 0 Å². The second-order valence-electron chi connectivity index (χ2n) is 4.75. The number of halogens is 1. The highest BCUT2D eigenvalue weighted by atomic mass is 35.5. The predicted octanol–water partition coefficient (Wildman–Crippen LogP) is 6.44. The van der Waals surface area contributed by atoms with E-state index in [1.54, 1.807) is 11.8 Å². The summed E-state index contributed by atoms with van der Waals surface area (Å²) in [6, 6.07) is 17.7. The Morgan fingerprint density at radius 2 is 1.61 bits per heavy atom. The van der Waals surface area contributed by atoms with E-state index in [-0.39, 0.29) is 5.92 Å². The molecule has 23 heavy (non-hydrogen) atoms. The summed E-state index contributed by atoms with van der Waals surface area (Å²) in [5.41, 5.74) is 2.97. The second-order valence-corrected chi connectivity index (χ2v) is 6.00. The quantitative estimate of drug-likeness (QED) is 0.457. The minimum absolute atomic E-state index is 0.0300. The van der Waals surface area contributed by atoms with Gasteiger partial charge in [0, 0.05) is 21.4 Å². The van der Waals surface area contributed by atoms with Crippen molar-refractivity contribution in [1.82, 2.24) is 0 Å². The highest BCUT2D eigenvalue weighted by Crippen LogP contribution is 2.35. The van der Waals surface area contributed by atoms with E-state index in [0.29, 0.717) is 5.02 Å². The molecule has 0 aliphatic rings. The summed E-state index contributed by atoms with van der Waals surface area (Å²) in [6.45, 7) is 6.05. The van der Waals surface area contributed by atoms with Crippen LogP contribution in [-0.2, 0) is 4.79 Å². The van der Waals surface area contributed by atoms with Crippen molar-refractivity contribution in [3.05, 3.63) is 76.3 Å². The third kappa shape index (κ3) is 5.26. The lowest BCUT2D eigenvalue weighted by Gasteiger charge is -2.16. The molecule has 3 heteroatoms. The fourth-order valence-electron chi connectivity index (χ4n) is 2.28. The van der Waals surface area contributed by atoms with Crippen molar-refractivity contribution in [2.75, 3.05) is 6.26 Å². The molecular weight excluding hydrogens is 324 g/mol. The maximum Gasteiger partial charge on any atom is 0.147 e. The van der Waals surface area contributed by atoms with Crippen LogP contribution in [0.4, 0.5) is 0 Å². The first-order chi connectivity index (χ1) is 11.2. The first-order valence-corrected chi connectivity index (χ1v) is 9.32. The van der Waals surface area contributed by atoms with Gasteiger partial charge in [-0.05, 0) is 29.5 Å². The summed E-state index contributed by atoms with van der Waals surface area (Å²) in [7, 11) is 0. The molecular formula is C20H23ClOS. The third-order valence-corrected chi connectivity index (χ3v) is 4.60. The number of carbonyl (C=O) groups excluding carboxylic acids is 1. The molecule has 2 rings (SSSR count). The van der Waals surface area contributed by atoms with E-state index in [4.69, 9.17) is 11.6 Å². The van der Waals surface area contributed by atoms with Gasteiger partial charge in [0.15, 0.2) is 0 Å². The summed E-state index contributed by atoms with van der Waals surface area (Å²) in [6.07, 6.45) is 2.97. The Bertz CT molecular complexity index is 632. The van der Waals surface area contributed by atoms with Crippen LogP contribution in [0.25, 0.3) is 4.91 Å². The van der Waals surface area contributed by atoms with Gasteiger partial charge in [0.25, 0.3) is 0 Å². The van der Waals surface area contributed by atoms with Gasteiger partial charge in [0.05, 0.1) is 0 Å². The number of thioether (sulfide) groups is 1. The fraction of sp³-hybridized carbons (Fsp3) is 0.250. The summed E-state index contributed by atoms with van der Waals surface area (Å²) >= 11 is 7.53. The van der Waals surface area contributed by atoms with Crippen LogP contribution in [0.3, 0.4) is 0 Å². The molecule has 1 atom stereocenters. The Labute approximate surface area is 148 Å². The molecule has 0 aliphatic carbocycles. The molecule has 2 aromatic carbocycles. The van der Waals surface area contributed by atoms with Gasteiger partial charge in [-0.2, -0.15) is 0 Å². The zero-order valence-electron chi connectivity index (χ0n) is 14.0. The molecule has 0 bridgehead atoms. The molecule has 0 saturated heterocycles. The van der Waals surface area contributed by atoms with Crippen LogP contribution in [-0.4, -0.2) is 12.5 Å². The van der Waals surface area contributed by atoms with Crippen LogP contribution >= 0.6 is 23.4 Å². The first kappa shape index (κ1) is 19.5. The molecule has 0 amide bonds. The van der Waals surface area contributed by atoms with Crippen LogP contribution in [0.1, 0.15) is 37.8 Å². The maximum atomic E-state index is 11.7. The van der Waals surface area contributed by atoms with Gasteiger partial charge in [-0.25, -0.2) is 0 Å². The average Bonchev–Trinajstić information content (AvgIpc) is 2.62. The van der Waals surface area contributed by atoms with Crippen LogP contribution in [0, 0.1) is 0 Å². The topological polar surface area (TPSA) is 17.1 Å². The number of benzene rings is 2. The minimum atomic E-state index is 0.0300. The van der Waals surface area contributed by atoms with Gasteiger partial charge >= 0.3 is 0 Å². The van der Waals surface area contributed by atoms with Crippen molar-refractivity contribution in [2.45, 2.75) is 26.7 Å². The summed E-state index contributed by atoms with van der Waals surface area (Å²) in [4.78, 5) is 12.7. The molecule has 0 N–H and O–H groups in total.